The van der Waals surface area contributed by atoms with Crippen LogP contribution >= 0.6 is 0 Å². The molecule has 1 saturated heterocycles. The van der Waals surface area contributed by atoms with Gasteiger partial charge in [-0.25, -0.2) is 0 Å². The van der Waals surface area contributed by atoms with Crippen molar-refractivity contribution < 1.29 is 24.3 Å². The van der Waals surface area contributed by atoms with Gasteiger partial charge < -0.3 is 9.84 Å². The molecule has 0 radical (unpaired) electrons. The molecule has 6 nitrogen and oxygen atoms in total. The number of carboxylic acids is 1. The van der Waals surface area contributed by atoms with Crippen molar-refractivity contribution in [2.45, 2.75) is 155 Å². The molecule has 194 valence electrons. The molecule has 0 bridgehead atoms. The minimum Gasteiger partial charge on any atom is -0.481 e. The van der Waals surface area contributed by atoms with Gasteiger partial charge in [-0.2, -0.15) is 5.06 Å². The van der Waals surface area contributed by atoms with Gasteiger partial charge in [-0.05, 0) is 47.0 Å². The summed E-state index contributed by atoms with van der Waals surface area (Å²) in [6.07, 6.45) is 15.3. The third kappa shape index (κ3) is 12.8. The summed E-state index contributed by atoms with van der Waals surface area (Å²) in [4.78, 5) is 29.2. The van der Waals surface area contributed by atoms with Gasteiger partial charge in [-0.1, -0.05) is 64.7 Å². The minimum absolute atomic E-state index is 0.0765. The number of carbonyl (C=O) groups excluding carboxylic acids is 1. The predicted octanol–water partition coefficient (Wildman–Crippen LogP) is 7.05. The van der Waals surface area contributed by atoms with E-state index in [1.165, 1.54) is 32.1 Å². The first-order chi connectivity index (χ1) is 15.6. The number of hydrogen-bond donors (Lipinski definition) is 1. The van der Waals surface area contributed by atoms with Crippen molar-refractivity contribution in [2.24, 2.45) is 0 Å². The molecular weight excluding hydrogens is 418 g/mol. The molecule has 6 heteroatoms. The Morgan fingerprint density at radius 2 is 1.27 bits per heavy atom. The summed E-state index contributed by atoms with van der Waals surface area (Å²) in [5, 5.41) is 10.8. The van der Waals surface area contributed by atoms with E-state index in [4.69, 9.17) is 14.7 Å². The topological polar surface area (TPSA) is 76.1 Å². The van der Waals surface area contributed by atoms with E-state index in [0.717, 1.165) is 64.4 Å². The lowest BCUT2D eigenvalue weighted by Gasteiger charge is -2.53. The van der Waals surface area contributed by atoms with Gasteiger partial charge in [-0.3, -0.25) is 14.4 Å². The van der Waals surface area contributed by atoms with Crippen LogP contribution in [0.5, 0.6) is 0 Å². The molecule has 1 rings (SSSR count). The number of rotatable bonds is 18. The summed E-state index contributed by atoms with van der Waals surface area (Å²) in [5.41, 5.74) is -0.379. The van der Waals surface area contributed by atoms with Gasteiger partial charge in [0, 0.05) is 36.8 Å². The van der Waals surface area contributed by atoms with Gasteiger partial charge >= 0.3 is 11.9 Å². The van der Waals surface area contributed by atoms with E-state index in [1.54, 1.807) is 0 Å². The van der Waals surface area contributed by atoms with Crippen molar-refractivity contribution in [3.63, 3.8) is 0 Å². The smallest absolute Gasteiger partial charge is 0.306 e. The van der Waals surface area contributed by atoms with Crippen molar-refractivity contribution in [3.8, 4) is 0 Å². The Labute approximate surface area is 202 Å². The molecule has 0 aromatic rings. The molecule has 0 saturated carbocycles. The van der Waals surface area contributed by atoms with E-state index < -0.39 is 5.97 Å². The van der Waals surface area contributed by atoms with Gasteiger partial charge in [-0.15, -0.1) is 0 Å². The lowest BCUT2D eigenvalue weighted by atomic mass is 9.80. The number of aliphatic carboxylic acids is 1. The lowest BCUT2D eigenvalue weighted by Crippen LogP contribution is -2.62. The average Bonchev–Trinajstić information content (AvgIpc) is 2.69. The zero-order valence-electron chi connectivity index (χ0n) is 22.1. The molecule has 0 amide bonds. The van der Waals surface area contributed by atoms with E-state index in [0.29, 0.717) is 6.42 Å². The third-order valence-corrected chi connectivity index (χ3v) is 6.59. The first-order valence-electron chi connectivity index (χ1n) is 13.4. The van der Waals surface area contributed by atoms with Gasteiger partial charge in [0.25, 0.3) is 0 Å². The van der Waals surface area contributed by atoms with Crippen LogP contribution in [0.1, 0.15) is 137 Å². The number of hydroxylamine groups is 2. The van der Waals surface area contributed by atoms with Crippen molar-refractivity contribution in [1.29, 1.82) is 0 Å². The molecule has 1 N–H and O–H groups in total. The number of ether oxygens (including phenoxy) is 1. The predicted molar refractivity (Wildman–Crippen MR) is 133 cm³/mol. The van der Waals surface area contributed by atoms with Crippen LogP contribution in [-0.4, -0.2) is 45.9 Å². The second-order valence-electron chi connectivity index (χ2n) is 11.1. The van der Waals surface area contributed by atoms with E-state index >= 15 is 0 Å². The van der Waals surface area contributed by atoms with Crippen molar-refractivity contribution in [1.82, 2.24) is 5.06 Å². The first kappa shape index (κ1) is 29.9. The zero-order chi connectivity index (χ0) is 24.7. The van der Waals surface area contributed by atoms with Crippen molar-refractivity contribution in [2.75, 3.05) is 6.61 Å². The second kappa shape index (κ2) is 15.7. The van der Waals surface area contributed by atoms with Crippen molar-refractivity contribution >= 4 is 11.9 Å². The SMILES string of the molecule is CCCCCCCCON1C(C)(C)CC(OC(=O)CCCCCCCCC(=O)O)CC1(C)C. The molecule has 1 fully saturated rings. The molecule has 0 aromatic heterocycles. The minimum atomic E-state index is -0.723. The van der Waals surface area contributed by atoms with Gasteiger partial charge in [0.05, 0.1) is 6.61 Å². The zero-order valence-corrected chi connectivity index (χ0v) is 22.1. The molecule has 1 aliphatic rings. The standard InChI is InChI=1S/C27H51NO5/c1-6-7-8-9-14-17-20-32-28-26(2,3)21-23(22-27(28,4)5)33-25(31)19-16-13-11-10-12-15-18-24(29)30/h23H,6-22H2,1-5H3,(H,29,30). The highest BCUT2D eigenvalue weighted by Crippen LogP contribution is 2.40. The monoisotopic (exact) mass is 469 g/mol. The normalized spacial score (nSPS) is 18.3. The molecule has 33 heavy (non-hydrogen) atoms. The van der Waals surface area contributed by atoms with Crippen LogP contribution in [0.25, 0.3) is 0 Å². The highest BCUT2D eigenvalue weighted by atomic mass is 16.7. The molecule has 0 aliphatic carbocycles. The summed E-state index contributed by atoms with van der Waals surface area (Å²) >= 11 is 0. The Hall–Kier alpha value is -1.14. The van der Waals surface area contributed by atoms with Crippen LogP contribution in [0.2, 0.25) is 0 Å². The quantitative estimate of drug-likeness (QED) is 0.171. The fourth-order valence-corrected chi connectivity index (χ4v) is 5.14. The van der Waals surface area contributed by atoms with E-state index in [1.807, 2.05) is 0 Å². The Bertz CT molecular complexity index is 543. The highest BCUT2D eigenvalue weighted by molar-refractivity contribution is 5.69. The molecule has 1 heterocycles. The van der Waals surface area contributed by atoms with Crippen LogP contribution in [0.4, 0.5) is 0 Å². The number of unbranched alkanes of at least 4 members (excludes halogenated alkanes) is 10. The van der Waals surface area contributed by atoms with Crippen molar-refractivity contribution in [3.05, 3.63) is 0 Å². The van der Waals surface area contributed by atoms with Gasteiger partial charge in [0.1, 0.15) is 6.10 Å². The summed E-state index contributed by atoms with van der Waals surface area (Å²) < 4.78 is 5.88. The number of nitrogens with zero attached hydrogens (tertiary/aromatic N) is 1. The molecule has 0 unspecified atom stereocenters. The number of carbonyl (C=O) groups is 2. The number of piperidine rings is 1. The van der Waals surface area contributed by atoms with Gasteiger partial charge in [0.2, 0.25) is 0 Å². The molecular formula is C27H51NO5. The summed E-state index contributed by atoms with van der Waals surface area (Å²) in [6, 6.07) is 0. The number of hydrogen-bond acceptors (Lipinski definition) is 5. The van der Waals surface area contributed by atoms with E-state index in [9.17, 15) is 9.59 Å². The van der Waals surface area contributed by atoms with Crippen LogP contribution in [0, 0.1) is 0 Å². The maximum absolute atomic E-state index is 12.4. The fraction of sp³-hybridized carbons (Fsp3) is 0.926. The summed E-state index contributed by atoms with van der Waals surface area (Å²) in [7, 11) is 0. The fourth-order valence-electron chi connectivity index (χ4n) is 5.14. The molecule has 0 aromatic carbocycles. The highest BCUT2D eigenvalue weighted by Gasteiger charge is 2.47. The molecule has 1 aliphatic heterocycles. The Kier molecular flexibility index (Phi) is 14.2. The summed E-state index contributed by atoms with van der Waals surface area (Å²) in [6.45, 7) is 11.7. The number of esters is 1. The second-order valence-corrected chi connectivity index (χ2v) is 11.1. The van der Waals surface area contributed by atoms with Crippen LogP contribution in [0.3, 0.4) is 0 Å². The van der Waals surface area contributed by atoms with Crippen LogP contribution in [-0.2, 0) is 19.2 Å². The average molecular weight is 470 g/mol. The molecule has 0 atom stereocenters. The maximum Gasteiger partial charge on any atom is 0.306 e. The largest absolute Gasteiger partial charge is 0.481 e. The number of carboxylic acid groups (broad SMARTS) is 1. The Morgan fingerprint density at radius 1 is 0.788 bits per heavy atom. The first-order valence-corrected chi connectivity index (χ1v) is 13.4. The van der Waals surface area contributed by atoms with Crippen LogP contribution < -0.4 is 0 Å². The van der Waals surface area contributed by atoms with Crippen LogP contribution in [0.15, 0.2) is 0 Å². The third-order valence-electron chi connectivity index (χ3n) is 6.59. The van der Waals surface area contributed by atoms with E-state index in [-0.39, 0.29) is 29.6 Å². The van der Waals surface area contributed by atoms with E-state index in [2.05, 4.69) is 39.7 Å². The Balaban J connectivity index is 2.29. The molecule has 0 spiro atoms. The van der Waals surface area contributed by atoms with Gasteiger partial charge in [0.15, 0.2) is 0 Å². The lowest BCUT2D eigenvalue weighted by molar-refractivity contribution is -0.293. The maximum atomic E-state index is 12.4. The summed E-state index contributed by atoms with van der Waals surface area (Å²) in [5.74, 6) is -0.821. The Morgan fingerprint density at radius 3 is 1.82 bits per heavy atom.